The number of unbranched alkanes of at least 4 members (excludes halogenated alkanes) is 1. The molecule has 0 bridgehead atoms. The first-order chi connectivity index (χ1) is 11.4. The van der Waals surface area contributed by atoms with Crippen LogP contribution in [0, 0.1) is 5.82 Å². The van der Waals surface area contributed by atoms with Gasteiger partial charge < -0.3 is 10.2 Å². The normalized spacial score (nSPS) is 13.6. The van der Waals surface area contributed by atoms with Crippen molar-refractivity contribution in [1.29, 1.82) is 0 Å². The monoisotopic (exact) mass is 397 g/mol. The average Bonchev–Trinajstić information content (AvgIpc) is 2.45. The predicted octanol–water partition coefficient (Wildman–Crippen LogP) is 0.650. The topological polar surface area (TPSA) is 138 Å². The van der Waals surface area contributed by atoms with Crippen molar-refractivity contribution in [2.24, 2.45) is 0 Å². The number of nitrogens with one attached hydrogen (secondary N) is 1. The summed E-state index contributed by atoms with van der Waals surface area (Å²) < 4.78 is 63.2. The Morgan fingerprint density at radius 2 is 1.88 bits per heavy atom. The van der Waals surface area contributed by atoms with E-state index in [9.17, 15) is 36.2 Å². The maximum atomic E-state index is 14.4. The van der Waals surface area contributed by atoms with Gasteiger partial charge in [-0.2, -0.15) is 0 Å². The Labute approximate surface area is 145 Å². The highest BCUT2D eigenvalue weighted by atomic mass is 32.2. The SMILES string of the molecule is CCCCS(=O)(=O)NC(Cc1ccc(O)c(S(C)(=O)=O)c1F)C(=O)O. The molecule has 0 radical (unpaired) electrons. The van der Waals surface area contributed by atoms with Crippen molar-refractivity contribution < 1.29 is 36.2 Å². The van der Waals surface area contributed by atoms with Crippen molar-refractivity contribution >= 4 is 25.8 Å². The second kappa shape index (κ2) is 8.11. The number of phenols is 1. The molecule has 0 aliphatic rings. The zero-order chi connectivity index (χ0) is 19.4. The first kappa shape index (κ1) is 21.3. The second-order valence-electron chi connectivity index (χ2n) is 5.54. The molecule has 1 rings (SSSR count). The molecule has 0 heterocycles. The van der Waals surface area contributed by atoms with Gasteiger partial charge in [-0.05, 0) is 18.1 Å². The van der Waals surface area contributed by atoms with Gasteiger partial charge in [0.2, 0.25) is 10.0 Å². The molecule has 0 aliphatic heterocycles. The maximum absolute atomic E-state index is 14.4. The molecule has 0 fully saturated rings. The number of hydrogen-bond donors (Lipinski definition) is 3. The van der Waals surface area contributed by atoms with E-state index in [0.717, 1.165) is 12.1 Å². The van der Waals surface area contributed by atoms with Crippen LogP contribution in [0.4, 0.5) is 4.39 Å². The lowest BCUT2D eigenvalue weighted by Crippen LogP contribution is -2.43. The van der Waals surface area contributed by atoms with E-state index in [0.29, 0.717) is 19.1 Å². The lowest BCUT2D eigenvalue weighted by Gasteiger charge is -2.16. The van der Waals surface area contributed by atoms with E-state index in [1.165, 1.54) is 0 Å². The lowest BCUT2D eigenvalue weighted by molar-refractivity contribution is -0.138. The third-order valence-corrected chi connectivity index (χ3v) is 5.94. The Kier molecular flexibility index (Phi) is 6.91. The Bertz CT molecular complexity index is 850. The molecule has 0 saturated carbocycles. The van der Waals surface area contributed by atoms with Crippen LogP contribution in [-0.2, 0) is 31.1 Å². The summed E-state index contributed by atoms with van der Waals surface area (Å²) in [6, 6.07) is 0.253. The molecule has 3 N–H and O–H groups in total. The van der Waals surface area contributed by atoms with Gasteiger partial charge in [0, 0.05) is 12.7 Å². The van der Waals surface area contributed by atoms with Gasteiger partial charge in [-0.15, -0.1) is 0 Å². The van der Waals surface area contributed by atoms with Crippen molar-refractivity contribution in [2.45, 2.75) is 37.1 Å². The van der Waals surface area contributed by atoms with Gasteiger partial charge in [-0.1, -0.05) is 19.4 Å². The molecule has 1 aromatic rings. The van der Waals surface area contributed by atoms with Crippen LogP contribution < -0.4 is 4.72 Å². The van der Waals surface area contributed by atoms with Crippen molar-refractivity contribution in [3.63, 3.8) is 0 Å². The quantitative estimate of drug-likeness (QED) is 0.556. The number of sulfonamides is 1. The first-order valence-corrected chi connectivity index (χ1v) is 10.9. The maximum Gasteiger partial charge on any atom is 0.322 e. The van der Waals surface area contributed by atoms with Crippen molar-refractivity contribution in [3.8, 4) is 5.75 Å². The van der Waals surface area contributed by atoms with Crippen molar-refractivity contribution in [2.75, 3.05) is 12.0 Å². The van der Waals surface area contributed by atoms with Gasteiger partial charge in [0.15, 0.2) is 9.84 Å². The molecule has 8 nitrogen and oxygen atoms in total. The van der Waals surface area contributed by atoms with Gasteiger partial charge in [0.1, 0.15) is 22.5 Å². The Morgan fingerprint density at radius 1 is 1.28 bits per heavy atom. The van der Waals surface area contributed by atoms with E-state index in [1.807, 2.05) is 4.72 Å². The van der Waals surface area contributed by atoms with E-state index in [-0.39, 0.29) is 11.3 Å². The fourth-order valence-electron chi connectivity index (χ4n) is 2.11. The van der Waals surface area contributed by atoms with Gasteiger partial charge in [0.25, 0.3) is 0 Å². The summed E-state index contributed by atoms with van der Waals surface area (Å²) in [6.45, 7) is 1.77. The molecular formula is C14H20FNO7S2. The average molecular weight is 397 g/mol. The van der Waals surface area contributed by atoms with Crippen LogP contribution in [0.3, 0.4) is 0 Å². The fraction of sp³-hybridized carbons (Fsp3) is 0.500. The van der Waals surface area contributed by atoms with Crippen molar-refractivity contribution in [3.05, 3.63) is 23.5 Å². The van der Waals surface area contributed by atoms with E-state index in [4.69, 9.17) is 0 Å². The van der Waals surface area contributed by atoms with Crippen molar-refractivity contribution in [1.82, 2.24) is 4.72 Å². The molecule has 1 atom stereocenters. The molecule has 1 aromatic carbocycles. The highest BCUT2D eigenvalue weighted by Gasteiger charge is 2.28. The van der Waals surface area contributed by atoms with Crippen LogP contribution in [0.5, 0.6) is 5.75 Å². The molecule has 0 amide bonds. The lowest BCUT2D eigenvalue weighted by atomic mass is 10.1. The number of aliphatic carboxylic acids is 1. The van der Waals surface area contributed by atoms with Gasteiger partial charge >= 0.3 is 5.97 Å². The standard InChI is InChI=1S/C14H20FNO7S2/c1-3-4-7-25(22,23)16-10(14(18)19)8-9-5-6-11(17)13(12(9)15)24(2,20)21/h5-6,10,16-17H,3-4,7-8H2,1-2H3,(H,18,19). The Morgan fingerprint density at radius 3 is 2.36 bits per heavy atom. The largest absolute Gasteiger partial charge is 0.506 e. The summed E-state index contributed by atoms with van der Waals surface area (Å²) in [6.07, 6.45) is 0.989. The number of hydrogen-bond acceptors (Lipinski definition) is 6. The highest BCUT2D eigenvalue weighted by Crippen LogP contribution is 2.28. The smallest absolute Gasteiger partial charge is 0.322 e. The van der Waals surface area contributed by atoms with Gasteiger partial charge in [0.05, 0.1) is 5.75 Å². The summed E-state index contributed by atoms with van der Waals surface area (Å²) in [5, 5.41) is 18.7. The number of carboxylic acids is 1. The molecule has 0 aliphatic carbocycles. The van der Waals surface area contributed by atoms with Crippen LogP contribution >= 0.6 is 0 Å². The van der Waals surface area contributed by atoms with E-state index in [2.05, 4.69) is 0 Å². The number of benzene rings is 1. The fourth-order valence-corrected chi connectivity index (χ4v) is 4.42. The zero-order valence-electron chi connectivity index (χ0n) is 13.7. The van der Waals surface area contributed by atoms with E-state index in [1.54, 1.807) is 6.92 Å². The molecule has 142 valence electrons. The Hall–Kier alpha value is -1.72. The predicted molar refractivity (Wildman–Crippen MR) is 88.1 cm³/mol. The molecule has 11 heteroatoms. The summed E-state index contributed by atoms with van der Waals surface area (Å²) in [5.74, 6) is -3.92. The molecule has 0 saturated heterocycles. The minimum atomic E-state index is -4.10. The van der Waals surface area contributed by atoms with Gasteiger partial charge in [-0.3, -0.25) is 4.79 Å². The molecular weight excluding hydrogens is 377 g/mol. The van der Waals surface area contributed by atoms with E-state index >= 15 is 0 Å². The molecule has 0 spiro atoms. The first-order valence-electron chi connectivity index (χ1n) is 7.32. The number of carbonyl (C=O) groups is 1. The van der Waals surface area contributed by atoms with Crippen LogP contribution in [0.1, 0.15) is 25.3 Å². The minimum absolute atomic E-state index is 0.278. The molecule has 25 heavy (non-hydrogen) atoms. The third kappa shape index (κ3) is 5.94. The third-order valence-electron chi connectivity index (χ3n) is 3.34. The number of carboxylic acid groups (broad SMARTS) is 1. The van der Waals surface area contributed by atoms with Crippen LogP contribution in [0.2, 0.25) is 0 Å². The summed E-state index contributed by atoms with van der Waals surface area (Å²) in [7, 11) is -7.99. The number of rotatable bonds is 9. The number of sulfone groups is 1. The molecule has 0 aromatic heterocycles. The number of phenolic OH excluding ortho intramolecular Hbond substituents is 1. The van der Waals surface area contributed by atoms with Crippen LogP contribution in [0.25, 0.3) is 0 Å². The number of halogens is 1. The number of aromatic hydroxyl groups is 1. The summed E-state index contributed by atoms with van der Waals surface area (Å²) in [5.41, 5.74) is -0.344. The molecule has 1 unspecified atom stereocenters. The highest BCUT2D eigenvalue weighted by molar-refractivity contribution is 7.90. The van der Waals surface area contributed by atoms with Crippen LogP contribution in [0.15, 0.2) is 17.0 Å². The van der Waals surface area contributed by atoms with Crippen LogP contribution in [-0.4, -0.2) is 51.1 Å². The Balaban J connectivity index is 3.18. The minimum Gasteiger partial charge on any atom is -0.506 e. The second-order valence-corrected chi connectivity index (χ2v) is 9.37. The summed E-state index contributed by atoms with van der Waals surface area (Å²) in [4.78, 5) is 10.3. The van der Waals surface area contributed by atoms with E-state index < -0.39 is 54.8 Å². The summed E-state index contributed by atoms with van der Waals surface area (Å²) >= 11 is 0. The van der Waals surface area contributed by atoms with Gasteiger partial charge in [-0.25, -0.2) is 25.9 Å². The zero-order valence-corrected chi connectivity index (χ0v) is 15.3.